The second-order valence-electron chi connectivity index (χ2n) is 6.03. The Morgan fingerprint density at radius 1 is 0.846 bits per heavy atom. The van der Waals surface area contributed by atoms with Crippen LogP contribution in [0.3, 0.4) is 0 Å². The smallest absolute Gasteiger partial charge is 0.203 e. The molecule has 0 radical (unpaired) electrons. The molecule has 0 saturated carbocycles. The Bertz CT molecular complexity index is 817. The Kier molecular flexibility index (Phi) is 5.77. The second-order valence-corrected chi connectivity index (χ2v) is 6.82. The van der Waals surface area contributed by atoms with Gasteiger partial charge in [0.15, 0.2) is 11.5 Å². The van der Waals surface area contributed by atoms with Crippen molar-refractivity contribution >= 4 is 21.5 Å². The fraction of sp³-hybridized carbons (Fsp3) is 0.333. The maximum Gasteiger partial charge on any atom is 0.203 e. The summed E-state index contributed by atoms with van der Waals surface area (Å²) in [5.41, 5.74) is 4.67. The molecule has 0 saturated heterocycles. The molecule has 0 heterocycles. The summed E-state index contributed by atoms with van der Waals surface area (Å²) in [5.74, 6) is 2.77. The Morgan fingerprint density at radius 2 is 1.50 bits per heavy atom. The van der Waals surface area contributed by atoms with Crippen molar-refractivity contribution in [3.63, 3.8) is 0 Å². The number of ether oxygens (including phenoxy) is 4. The van der Waals surface area contributed by atoms with Gasteiger partial charge in [0, 0.05) is 0 Å². The van der Waals surface area contributed by atoms with Crippen molar-refractivity contribution in [1.82, 2.24) is 0 Å². The lowest BCUT2D eigenvalue weighted by Gasteiger charge is -2.18. The van der Waals surface area contributed by atoms with Gasteiger partial charge in [-0.05, 0) is 75.7 Å². The SMILES string of the molecule is COc1ccc2c(c1Br)CCCC=C2c1cc(OC)c(OC)c(OC)c1. The van der Waals surface area contributed by atoms with Crippen molar-refractivity contribution in [1.29, 1.82) is 0 Å². The zero-order valence-corrected chi connectivity index (χ0v) is 17.1. The molecule has 5 heteroatoms. The minimum absolute atomic E-state index is 0.601. The third-order valence-electron chi connectivity index (χ3n) is 4.67. The van der Waals surface area contributed by atoms with E-state index < -0.39 is 0 Å². The number of methoxy groups -OCH3 is 4. The average molecular weight is 419 g/mol. The Balaban J connectivity index is 2.19. The van der Waals surface area contributed by atoms with Crippen molar-refractivity contribution in [2.45, 2.75) is 19.3 Å². The predicted octanol–water partition coefficient (Wildman–Crippen LogP) is 5.25. The molecule has 0 aromatic heterocycles. The molecular formula is C21H23BrO4. The quantitative estimate of drug-likeness (QED) is 0.663. The molecule has 0 unspecified atom stereocenters. The third-order valence-corrected chi connectivity index (χ3v) is 5.54. The van der Waals surface area contributed by atoms with E-state index in [2.05, 4.69) is 28.1 Å². The van der Waals surface area contributed by atoms with Crippen LogP contribution in [-0.4, -0.2) is 28.4 Å². The van der Waals surface area contributed by atoms with Crippen LogP contribution < -0.4 is 18.9 Å². The first kappa shape index (κ1) is 18.6. The van der Waals surface area contributed by atoms with Gasteiger partial charge in [0.1, 0.15) is 5.75 Å². The van der Waals surface area contributed by atoms with E-state index in [1.807, 2.05) is 18.2 Å². The summed E-state index contributed by atoms with van der Waals surface area (Å²) in [5, 5.41) is 0. The van der Waals surface area contributed by atoms with Crippen molar-refractivity contribution in [2.75, 3.05) is 28.4 Å². The van der Waals surface area contributed by atoms with Crippen LogP contribution in [-0.2, 0) is 6.42 Å². The number of fused-ring (bicyclic) bond motifs is 1. The summed E-state index contributed by atoms with van der Waals surface area (Å²) in [7, 11) is 6.58. The zero-order chi connectivity index (χ0) is 18.7. The van der Waals surface area contributed by atoms with Gasteiger partial charge in [0.25, 0.3) is 0 Å². The predicted molar refractivity (Wildman–Crippen MR) is 107 cm³/mol. The fourth-order valence-electron chi connectivity index (χ4n) is 3.40. The average Bonchev–Trinajstić information content (AvgIpc) is 2.90. The fourth-order valence-corrected chi connectivity index (χ4v) is 4.11. The van der Waals surface area contributed by atoms with Gasteiger partial charge in [-0.1, -0.05) is 12.1 Å². The molecule has 0 fully saturated rings. The van der Waals surface area contributed by atoms with Gasteiger partial charge in [-0.15, -0.1) is 0 Å². The lowest BCUT2D eigenvalue weighted by Crippen LogP contribution is -2.00. The largest absolute Gasteiger partial charge is 0.496 e. The highest BCUT2D eigenvalue weighted by Crippen LogP contribution is 2.44. The summed E-state index contributed by atoms with van der Waals surface area (Å²) in [6, 6.07) is 8.13. The Hall–Kier alpha value is -2.14. The standard InChI is InChI=1S/C21H23BrO4/c1-23-17-10-9-15-14(7-5-6-8-16(15)20(17)22)13-11-18(24-2)21(26-4)19(12-13)25-3/h7,9-12H,5-6,8H2,1-4H3. The molecule has 0 aliphatic heterocycles. The molecule has 2 aromatic rings. The van der Waals surface area contributed by atoms with E-state index in [0.717, 1.165) is 35.0 Å². The summed E-state index contributed by atoms with van der Waals surface area (Å²) >= 11 is 3.72. The number of rotatable bonds is 5. The van der Waals surface area contributed by atoms with E-state index >= 15 is 0 Å². The van der Waals surface area contributed by atoms with E-state index in [0.29, 0.717) is 17.2 Å². The van der Waals surface area contributed by atoms with Crippen LogP contribution in [0.2, 0.25) is 0 Å². The number of halogens is 1. The third kappa shape index (κ3) is 3.28. The van der Waals surface area contributed by atoms with Crippen LogP contribution >= 0.6 is 15.9 Å². The molecule has 0 amide bonds. The lowest BCUT2D eigenvalue weighted by atomic mass is 9.93. The normalized spacial score (nSPS) is 13.3. The van der Waals surface area contributed by atoms with E-state index in [4.69, 9.17) is 18.9 Å². The highest BCUT2D eigenvalue weighted by molar-refractivity contribution is 9.10. The summed E-state index contributed by atoms with van der Waals surface area (Å²) in [4.78, 5) is 0. The maximum absolute atomic E-state index is 5.53. The van der Waals surface area contributed by atoms with E-state index in [1.54, 1.807) is 28.4 Å². The number of benzene rings is 2. The molecule has 1 aliphatic rings. The van der Waals surface area contributed by atoms with E-state index in [1.165, 1.54) is 16.7 Å². The van der Waals surface area contributed by atoms with E-state index in [-0.39, 0.29) is 0 Å². The van der Waals surface area contributed by atoms with Crippen LogP contribution in [0.1, 0.15) is 29.5 Å². The summed E-state index contributed by atoms with van der Waals surface area (Å²) in [6.45, 7) is 0. The molecular weight excluding hydrogens is 396 g/mol. The van der Waals surface area contributed by atoms with Gasteiger partial charge in [-0.3, -0.25) is 0 Å². The van der Waals surface area contributed by atoms with Crippen LogP contribution in [0.25, 0.3) is 5.57 Å². The number of allylic oxidation sites excluding steroid dienone is 1. The van der Waals surface area contributed by atoms with Crippen molar-refractivity contribution in [3.05, 3.63) is 51.5 Å². The molecule has 138 valence electrons. The maximum atomic E-state index is 5.53. The second kappa shape index (κ2) is 8.04. The Labute approximate surface area is 162 Å². The minimum Gasteiger partial charge on any atom is -0.496 e. The number of hydrogen-bond donors (Lipinski definition) is 0. The van der Waals surface area contributed by atoms with Gasteiger partial charge >= 0.3 is 0 Å². The highest BCUT2D eigenvalue weighted by atomic mass is 79.9. The van der Waals surface area contributed by atoms with Crippen molar-refractivity contribution < 1.29 is 18.9 Å². The molecule has 0 atom stereocenters. The van der Waals surface area contributed by atoms with E-state index in [9.17, 15) is 0 Å². The zero-order valence-electron chi connectivity index (χ0n) is 15.5. The lowest BCUT2D eigenvalue weighted by molar-refractivity contribution is 0.324. The van der Waals surface area contributed by atoms with Crippen LogP contribution in [0.5, 0.6) is 23.0 Å². The monoisotopic (exact) mass is 418 g/mol. The minimum atomic E-state index is 0.601. The molecule has 0 N–H and O–H groups in total. The van der Waals surface area contributed by atoms with Crippen molar-refractivity contribution in [3.8, 4) is 23.0 Å². The highest BCUT2D eigenvalue weighted by Gasteiger charge is 2.21. The first-order valence-electron chi connectivity index (χ1n) is 8.50. The Morgan fingerprint density at radius 3 is 2.08 bits per heavy atom. The first-order valence-corrected chi connectivity index (χ1v) is 9.30. The molecule has 4 nitrogen and oxygen atoms in total. The van der Waals surface area contributed by atoms with Gasteiger partial charge in [0.2, 0.25) is 5.75 Å². The van der Waals surface area contributed by atoms with Gasteiger partial charge < -0.3 is 18.9 Å². The molecule has 0 spiro atoms. The van der Waals surface area contributed by atoms with Crippen molar-refractivity contribution in [2.24, 2.45) is 0 Å². The molecule has 2 aromatic carbocycles. The molecule has 0 bridgehead atoms. The first-order chi connectivity index (χ1) is 12.6. The molecule has 1 aliphatic carbocycles. The molecule has 3 rings (SSSR count). The van der Waals surface area contributed by atoms with Crippen LogP contribution in [0.4, 0.5) is 0 Å². The molecule has 26 heavy (non-hydrogen) atoms. The van der Waals surface area contributed by atoms with Crippen LogP contribution in [0, 0.1) is 0 Å². The van der Waals surface area contributed by atoms with Crippen LogP contribution in [0.15, 0.2) is 34.8 Å². The number of hydrogen-bond acceptors (Lipinski definition) is 4. The van der Waals surface area contributed by atoms with Gasteiger partial charge in [-0.25, -0.2) is 0 Å². The topological polar surface area (TPSA) is 36.9 Å². The van der Waals surface area contributed by atoms with Gasteiger partial charge in [-0.2, -0.15) is 0 Å². The summed E-state index contributed by atoms with van der Waals surface area (Å²) < 4.78 is 23.0. The summed E-state index contributed by atoms with van der Waals surface area (Å²) in [6.07, 6.45) is 5.38. The van der Waals surface area contributed by atoms with Gasteiger partial charge in [0.05, 0.1) is 32.9 Å².